The molecule has 28 heavy (non-hydrogen) atoms. The van der Waals surface area contributed by atoms with Gasteiger partial charge in [-0.15, -0.1) is 11.3 Å². The van der Waals surface area contributed by atoms with Crippen LogP contribution in [0, 0.1) is 10.1 Å². The first-order valence-corrected chi connectivity index (χ1v) is 9.68. The van der Waals surface area contributed by atoms with Crippen LogP contribution >= 0.6 is 11.3 Å². The second kappa shape index (κ2) is 7.40. The van der Waals surface area contributed by atoms with Gasteiger partial charge in [0.2, 0.25) is 5.91 Å². The van der Waals surface area contributed by atoms with Crippen LogP contribution in [0.1, 0.15) is 28.1 Å². The summed E-state index contributed by atoms with van der Waals surface area (Å²) in [6.45, 7) is 1.11. The number of nitrogens with one attached hydrogen (secondary N) is 1. The van der Waals surface area contributed by atoms with E-state index < -0.39 is 4.92 Å². The highest BCUT2D eigenvalue weighted by molar-refractivity contribution is 7.20. The van der Waals surface area contributed by atoms with Crippen molar-refractivity contribution in [2.24, 2.45) is 0 Å². The Bertz CT molecular complexity index is 1070. The summed E-state index contributed by atoms with van der Waals surface area (Å²) in [6, 6.07) is 13.8. The van der Waals surface area contributed by atoms with Gasteiger partial charge in [-0.2, -0.15) is 0 Å². The standard InChI is InChI=1S/C20H17N3O4S/c24-19-2-1-9-22(19)15-5-3-13(4-6-15)12-21-20(25)18-11-14-10-16(23(26)27)7-8-17(14)28-18/h3-8,10-11H,1-2,9,12H2,(H,21,25). The minimum atomic E-state index is -0.448. The Morgan fingerprint density at radius 1 is 1.18 bits per heavy atom. The first kappa shape index (κ1) is 18.1. The van der Waals surface area contributed by atoms with Crippen molar-refractivity contribution in [2.75, 3.05) is 11.4 Å². The second-order valence-corrected chi connectivity index (χ2v) is 7.67. The van der Waals surface area contributed by atoms with Gasteiger partial charge in [0.1, 0.15) is 0 Å². The molecule has 0 atom stereocenters. The Morgan fingerprint density at radius 3 is 2.64 bits per heavy atom. The van der Waals surface area contributed by atoms with Crippen LogP contribution in [0.3, 0.4) is 0 Å². The SMILES string of the molecule is O=C(NCc1ccc(N2CCCC2=O)cc1)c1cc2cc([N+](=O)[O-])ccc2s1. The van der Waals surface area contributed by atoms with E-state index in [4.69, 9.17) is 0 Å². The van der Waals surface area contributed by atoms with Gasteiger partial charge in [-0.1, -0.05) is 12.1 Å². The third-order valence-corrected chi connectivity index (χ3v) is 5.82. The van der Waals surface area contributed by atoms with E-state index in [9.17, 15) is 19.7 Å². The number of hydrogen-bond donors (Lipinski definition) is 1. The Morgan fingerprint density at radius 2 is 1.96 bits per heavy atom. The van der Waals surface area contributed by atoms with Crippen LogP contribution in [-0.4, -0.2) is 23.3 Å². The lowest BCUT2D eigenvalue weighted by Crippen LogP contribution is -2.24. The molecule has 0 spiro atoms. The Kier molecular flexibility index (Phi) is 4.79. The molecule has 0 unspecified atom stereocenters. The summed E-state index contributed by atoms with van der Waals surface area (Å²) in [7, 11) is 0. The van der Waals surface area contributed by atoms with Gasteiger partial charge in [0.15, 0.2) is 0 Å². The average Bonchev–Trinajstić information content (AvgIpc) is 3.32. The number of nitro benzene ring substituents is 1. The van der Waals surface area contributed by atoms with Gasteiger partial charge < -0.3 is 10.2 Å². The molecule has 4 rings (SSSR count). The van der Waals surface area contributed by atoms with Crippen molar-refractivity contribution in [1.29, 1.82) is 0 Å². The van der Waals surface area contributed by atoms with Gasteiger partial charge >= 0.3 is 0 Å². The van der Waals surface area contributed by atoms with Gasteiger partial charge in [-0.3, -0.25) is 19.7 Å². The third-order valence-electron chi connectivity index (χ3n) is 4.71. The number of carbonyl (C=O) groups is 2. The lowest BCUT2D eigenvalue weighted by atomic mass is 10.2. The number of nitro groups is 1. The third kappa shape index (κ3) is 3.59. The molecule has 0 aliphatic carbocycles. The highest BCUT2D eigenvalue weighted by atomic mass is 32.1. The summed E-state index contributed by atoms with van der Waals surface area (Å²) >= 11 is 1.30. The largest absolute Gasteiger partial charge is 0.347 e. The molecule has 1 saturated heterocycles. The van der Waals surface area contributed by atoms with Crippen LogP contribution in [0.25, 0.3) is 10.1 Å². The van der Waals surface area contributed by atoms with Crippen LogP contribution in [0.4, 0.5) is 11.4 Å². The van der Waals surface area contributed by atoms with E-state index in [1.807, 2.05) is 24.3 Å². The summed E-state index contributed by atoms with van der Waals surface area (Å²) < 4.78 is 0.829. The van der Waals surface area contributed by atoms with E-state index in [1.54, 1.807) is 17.0 Å². The molecule has 1 fully saturated rings. The number of carbonyl (C=O) groups excluding carboxylic acids is 2. The fourth-order valence-corrected chi connectivity index (χ4v) is 4.20. The first-order valence-electron chi connectivity index (χ1n) is 8.87. The van der Waals surface area contributed by atoms with Gasteiger partial charge in [0, 0.05) is 47.4 Å². The van der Waals surface area contributed by atoms with Crippen molar-refractivity contribution >= 4 is 44.6 Å². The van der Waals surface area contributed by atoms with Crippen LogP contribution in [0.15, 0.2) is 48.5 Å². The molecule has 2 amide bonds. The molecule has 0 radical (unpaired) electrons. The van der Waals surface area contributed by atoms with Crippen LogP contribution in [0.2, 0.25) is 0 Å². The number of nitrogens with zero attached hydrogens (tertiary/aromatic N) is 2. The van der Waals surface area contributed by atoms with Gasteiger partial charge in [-0.05, 0) is 36.2 Å². The summed E-state index contributed by atoms with van der Waals surface area (Å²) in [5, 5.41) is 14.4. The van der Waals surface area contributed by atoms with Crippen LogP contribution in [0.5, 0.6) is 0 Å². The second-order valence-electron chi connectivity index (χ2n) is 6.59. The maximum atomic E-state index is 12.4. The van der Waals surface area contributed by atoms with E-state index in [1.165, 1.54) is 23.5 Å². The molecule has 0 bridgehead atoms. The molecule has 7 nitrogen and oxygen atoms in total. The van der Waals surface area contributed by atoms with Crippen LogP contribution in [-0.2, 0) is 11.3 Å². The van der Waals surface area contributed by atoms with Crippen molar-refractivity contribution in [3.63, 3.8) is 0 Å². The molecule has 3 aromatic rings. The van der Waals surface area contributed by atoms with E-state index in [-0.39, 0.29) is 17.5 Å². The van der Waals surface area contributed by atoms with Gasteiger partial charge in [-0.25, -0.2) is 0 Å². The number of amides is 2. The van der Waals surface area contributed by atoms with Crippen molar-refractivity contribution in [1.82, 2.24) is 5.32 Å². The molecule has 1 N–H and O–H groups in total. The lowest BCUT2D eigenvalue weighted by molar-refractivity contribution is -0.384. The quantitative estimate of drug-likeness (QED) is 0.524. The number of fused-ring (bicyclic) bond motifs is 1. The molecule has 142 valence electrons. The summed E-state index contributed by atoms with van der Waals surface area (Å²) in [5.74, 6) is -0.0753. The predicted molar refractivity (Wildman–Crippen MR) is 108 cm³/mol. The number of hydrogen-bond acceptors (Lipinski definition) is 5. The molecule has 1 aromatic heterocycles. The zero-order chi connectivity index (χ0) is 19.7. The summed E-state index contributed by atoms with van der Waals surface area (Å²) in [4.78, 5) is 37.0. The maximum absolute atomic E-state index is 12.4. The van der Waals surface area contributed by atoms with Gasteiger partial charge in [0.05, 0.1) is 9.80 Å². The molecule has 2 heterocycles. The Labute approximate surface area is 164 Å². The molecule has 0 saturated carbocycles. The number of benzene rings is 2. The van der Waals surface area contributed by atoms with E-state index in [0.29, 0.717) is 23.2 Å². The molecule has 1 aliphatic rings. The Balaban J connectivity index is 1.42. The molecular weight excluding hydrogens is 378 g/mol. The normalized spacial score (nSPS) is 13.9. The fourth-order valence-electron chi connectivity index (χ4n) is 3.24. The number of non-ortho nitro benzene ring substituents is 1. The van der Waals surface area contributed by atoms with E-state index in [0.717, 1.165) is 28.9 Å². The molecule has 1 aliphatic heterocycles. The lowest BCUT2D eigenvalue weighted by Gasteiger charge is -2.16. The first-order chi connectivity index (χ1) is 13.5. The monoisotopic (exact) mass is 395 g/mol. The van der Waals surface area contributed by atoms with Crippen molar-refractivity contribution < 1.29 is 14.5 Å². The number of anilines is 1. The minimum absolute atomic E-state index is 0.00818. The number of rotatable bonds is 5. The molecular formula is C20H17N3O4S. The summed E-state index contributed by atoms with van der Waals surface area (Å²) in [6.07, 6.45) is 1.48. The highest BCUT2D eigenvalue weighted by Gasteiger charge is 2.21. The number of thiophene rings is 1. The smallest absolute Gasteiger partial charge is 0.270 e. The van der Waals surface area contributed by atoms with Crippen LogP contribution < -0.4 is 10.2 Å². The minimum Gasteiger partial charge on any atom is -0.347 e. The molecule has 8 heteroatoms. The Hall–Kier alpha value is -3.26. The average molecular weight is 395 g/mol. The highest BCUT2D eigenvalue weighted by Crippen LogP contribution is 2.29. The van der Waals surface area contributed by atoms with Gasteiger partial charge in [0.25, 0.3) is 11.6 Å². The molecule has 2 aromatic carbocycles. The zero-order valence-corrected chi connectivity index (χ0v) is 15.7. The zero-order valence-electron chi connectivity index (χ0n) is 14.9. The topological polar surface area (TPSA) is 92.6 Å². The van der Waals surface area contributed by atoms with Crippen molar-refractivity contribution in [3.8, 4) is 0 Å². The van der Waals surface area contributed by atoms with Crippen molar-refractivity contribution in [2.45, 2.75) is 19.4 Å². The van der Waals surface area contributed by atoms with E-state index in [2.05, 4.69) is 5.32 Å². The summed E-state index contributed by atoms with van der Waals surface area (Å²) in [5.41, 5.74) is 1.82. The fraction of sp³-hybridized carbons (Fsp3) is 0.200. The van der Waals surface area contributed by atoms with Crippen molar-refractivity contribution in [3.05, 3.63) is 69.1 Å². The predicted octanol–water partition coefficient (Wildman–Crippen LogP) is 3.87. The maximum Gasteiger partial charge on any atom is 0.270 e. The van der Waals surface area contributed by atoms with E-state index >= 15 is 0 Å².